The lowest BCUT2D eigenvalue weighted by atomic mass is 9.86. The van der Waals surface area contributed by atoms with E-state index in [1.807, 2.05) is 0 Å². The van der Waals surface area contributed by atoms with Crippen molar-refractivity contribution in [1.82, 2.24) is 0 Å². The fraction of sp³-hybridized carbons (Fsp3) is 0.214. The average molecular weight is 551 g/mol. The van der Waals surface area contributed by atoms with Gasteiger partial charge < -0.3 is 9.47 Å². The fourth-order valence-electron chi connectivity index (χ4n) is 4.12. The number of allylic oxidation sites excluding steroid dienone is 2. The van der Waals surface area contributed by atoms with Crippen molar-refractivity contribution in [2.45, 2.75) is 29.1 Å². The average Bonchev–Trinajstić information content (AvgIpc) is 2.89. The highest BCUT2D eigenvalue weighted by atomic mass is 32.2. The van der Waals surface area contributed by atoms with Gasteiger partial charge in [0.15, 0.2) is 0 Å². The van der Waals surface area contributed by atoms with Crippen LogP contribution in [0.15, 0.2) is 104 Å². The molecule has 10 heteroatoms. The lowest BCUT2D eigenvalue weighted by Crippen LogP contribution is -2.19. The van der Waals surface area contributed by atoms with Gasteiger partial charge >= 0.3 is 0 Å². The highest BCUT2D eigenvalue weighted by Gasteiger charge is 2.23. The Hall–Kier alpha value is -3.76. The smallest absolute Gasteiger partial charge is 0.282 e. The van der Waals surface area contributed by atoms with Crippen LogP contribution in [-0.4, -0.2) is 42.0 Å². The summed E-state index contributed by atoms with van der Waals surface area (Å²) in [4.78, 5) is 0.0484. The first kappa shape index (κ1) is 25.9. The van der Waals surface area contributed by atoms with Gasteiger partial charge in [-0.25, -0.2) is 0 Å². The van der Waals surface area contributed by atoms with E-state index in [1.54, 1.807) is 48.5 Å². The number of fused-ring (bicyclic) bond motifs is 1. The van der Waals surface area contributed by atoms with Crippen LogP contribution in [0.2, 0.25) is 0 Å². The predicted molar refractivity (Wildman–Crippen MR) is 145 cm³/mol. The topological polar surface area (TPSA) is 111 Å². The van der Waals surface area contributed by atoms with Crippen LogP contribution in [0.3, 0.4) is 0 Å². The summed E-state index contributed by atoms with van der Waals surface area (Å²) in [5, 5.41) is 0. The molecule has 8 nitrogen and oxygen atoms in total. The summed E-state index contributed by atoms with van der Waals surface area (Å²) in [6.07, 6.45) is 6.47. The van der Waals surface area contributed by atoms with Crippen LogP contribution in [0.25, 0.3) is 0 Å². The maximum atomic E-state index is 13.1. The van der Waals surface area contributed by atoms with Crippen LogP contribution in [0.4, 0.5) is 0 Å². The van der Waals surface area contributed by atoms with E-state index in [1.165, 1.54) is 62.8 Å². The molecule has 0 heterocycles. The Morgan fingerprint density at radius 3 is 1.61 bits per heavy atom. The van der Waals surface area contributed by atoms with Crippen molar-refractivity contribution < 1.29 is 26.3 Å². The zero-order valence-electron chi connectivity index (χ0n) is 20.6. The molecule has 2 aliphatic rings. The van der Waals surface area contributed by atoms with Crippen LogP contribution in [0.5, 0.6) is 11.5 Å². The van der Waals surface area contributed by atoms with Crippen molar-refractivity contribution in [3.8, 4) is 11.5 Å². The molecule has 0 bridgehead atoms. The number of methoxy groups -OCH3 is 1. The molecule has 0 unspecified atom stereocenters. The summed E-state index contributed by atoms with van der Waals surface area (Å²) in [7, 11) is -6.57. The molecule has 1 saturated carbocycles. The van der Waals surface area contributed by atoms with Crippen molar-refractivity contribution in [2.75, 3.05) is 13.7 Å². The molecule has 0 spiro atoms. The van der Waals surface area contributed by atoms with Gasteiger partial charge in [-0.15, -0.1) is 0 Å². The van der Waals surface area contributed by atoms with Crippen molar-refractivity contribution in [1.29, 1.82) is 0 Å². The summed E-state index contributed by atoms with van der Waals surface area (Å²) in [6.45, 7) is 0.633. The number of sulfonamides is 2. The Morgan fingerprint density at radius 1 is 0.711 bits per heavy atom. The molecule has 0 amide bonds. The fourth-order valence-corrected chi connectivity index (χ4v) is 6.13. The predicted octanol–water partition coefficient (Wildman–Crippen LogP) is 4.80. The Kier molecular flexibility index (Phi) is 7.18. The van der Waals surface area contributed by atoms with E-state index in [9.17, 15) is 16.8 Å². The third-order valence-electron chi connectivity index (χ3n) is 6.50. The number of nitrogens with zero attached hydrogens (tertiary/aromatic N) is 2. The second-order valence-electron chi connectivity index (χ2n) is 9.04. The SMILES string of the molecule is COc1ccc(S(=O)(=O)/N=C2C=C/C(=N/S(=O)(=O)c3ccc(OCC4CCC4)cc3)c3ccccc3/2)cc1. The van der Waals surface area contributed by atoms with E-state index >= 15 is 0 Å². The van der Waals surface area contributed by atoms with Gasteiger partial charge in [-0.05, 0) is 79.4 Å². The molecule has 0 aliphatic heterocycles. The standard InChI is InChI=1S/C28H26N2O6S2/c1-35-21-9-13-23(14-10-21)37(31,32)29-27-17-18-28(26-8-3-2-7-25(26)27)30-38(33,34)24-15-11-22(12-16-24)36-19-20-5-4-6-20/h2-3,7-18,20H,4-6,19H2,1H3/b29-27-,30-28-. The molecule has 5 rings (SSSR count). The van der Waals surface area contributed by atoms with Gasteiger partial charge in [-0.3, -0.25) is 0 Å². The zero-order valence-corrected chi connectivity index (χ0v) is 22.3. The second kappa shape index (κ2) is 10.5. The highest BCUT2D eigenvalue weighted by Crippen LogP contribution is 2.28. The van der Waals surface area contributed by atoms with Crippen LogP contribution >= 0.6 is 0 Å². The quantitative estimate of drug-likeness (QED) is 0.398. The van der Waals surface area contributed by atoms with Crippen LogP contribution in [-0.2, 0) is 20.0 Å². The number of rotatable bonds is 8. The summed E-state index contributed by atoms with van der Waals surface area (Å²) in [6, 6.07) is 18.9. The molecule has 0 N–H and O–H groups in total. The van der Waals surface area contributed by atoms with Gasteiger partial charge in [0.05, 0.1) is 34.9 Å². The van der Waals surface area contributed by atoms with E-state index < -0.39 is 20.0 Å². The Morgan fingerprint density at radius 2 is 1.18 bits per heavy atom. The maximum Gasteiger partial charge on any atom is 0.282 e. The molecule has 2 aliphatic carbocycles. The number of hydrogen-bond acceptors (Lipinski definition) is 6. The molecule has 3 aromatic carbocycles. The Bertz CT molecular complexity index is 1640. The molecule has 1 fully saturated rings. The maximum absolute atomic E-state index is 13.1. The zero-order chi connectivity index (χ0) is 26.8. The minimum Gasteiger partial charge on any atom is -0.497 e. The van der Waals surface area contributed by atoms with Gasteiger partial charge in [-0.2, -0.15) is 25.6 Å². The normalized spacial score (nSPS) is 17.7. The van der Waals surface area contributed by atoms with Gasteiger partial charge in [0, 0.05) is 11.1 Å². The molecular weight excluding hydrogens is 524 g/mol. The van der Waals surface area contributed by atoms with Crippen molar-refractivity contribution in [2.24, 2.45) is 14.7 Å². The van der Waals surface area contributed by atoms with Crippen LogP contribution in [0.1, 0.15) is 30.4 Å². The highest BCUT2D eigenvalue weighted by molar-refractivity contribution is 7.90. The minimum absolute atomic E-state index is 0.0128. The molecule has 38 heavy (non-hydrogen) atoms. The molecular formula is C28H26N2O6S2. The molecule has 0 atom stereocenters. The van der Waals surface area contributed by atoms with Gasteiger partial charge in [-0.1, -0.05) is 30.7 Å². The molecule has 0 radical (unpaired) electrons. The molecule has 196 valence electrons. The number of benzene rings is 3. The van der Waals surface area contributed by atoms with Gasteiger partial charge in [0.2, 0.25) is 0 Å². The molecule has 0 aromatic heterocycles. The van der Waals surface area contributed by atoms with E-state index in [0.29, 0.717) is 35.2 Å². The van der Waals surface area contributed by atoms with Crippen LogP contribution < -0.4 is 9.47 Å². The monoisotopic (exact) mass is 550 g/mol. The lowest BCUT2D eigenvalue weighted by molar-refractivity contribution is 0.180. The van der Waals surface area contributed by atoms with E-state index in [-0.39, 0.29) is 21.2 Å². The van der Waals surface area contributed by atoms with E-state index in [2.05, 4.69) is 8.80 Å². The third-order valence-corrected chi connectivity index (χ3v) is 9.11. The largest absolute Gasteiger partial charge is 0.497 e. The third kappa shape index (κ3) is 5.56. The number of hydrogen-bond donors (Lipinski definition) is 0. The number of ether oxygens (including phenoxy) is 2. The Labute approximate surface area is 222 Å². The van der Waals surface area contributed by atoms with E-state index in [0.717, 1.165) is 0 Å². The Balaban J connectivity index is 1.42. The minimum atomic E-state index is -4.04. The van der Waals surface area contributed by atoms with Crippen molar-refractivity contribution in [3.05, 3.63) is 96.1 Å². The molecule has 3 aromatic rings. The van der Waals surface area contributed by atoms with Gasteiger partial charge in [0.1, 0.15) is 11.5 Å². The summed E-state index contributed by atoms with van der Waals surface area (Å²) in [5.41, 5.74) is 1.29. The molecule has 0 saturated heterocycles. The van der Waals surface area contributed by atoms with Gasteiger partial charge in [0.25, 0.3) is 20.0 Å². The lowest BCUT2D eigenvalue weighted by Gasteiger charge is -2.25. The second-order valence-corrected chi connectivity index (χ2v) is 12.2. The first-order valence-corrected chi connectivity index (χ1v) is 15.0. The first-order chi connectivity index (χ1) is 18.2. The summed E-state index contributed by atoms with van der Waals surface area (Å²) >= 11 is 0. The van der Waals surface area contributed by atoms with E-state index in [4.69, 9.17) is 9.47 Å². The van der Waals surface area contributed by atoms with Crippen molar-refractivity contribution in [3.63, 3.8) is 0 Å². The van der Waals surface area contributed by atoms with Crippen LogP contribution in [0, 0.1) is 5.92 Å². The first-order valence-electron chi connectivity index (χ1n) is 12.1. The van der Waals surface area contributed by atoms with Crippen molar-refractivity contribution >= 4 is 31.5 Å². The summed E-state index contributed by atoms with van der Waals surface area (Å²) in [5.74, 6) is 1.71. The summed E-state index contributed by atoms with van der Waals surface area (Å²) < 4.78 is 71.0.